The summed E-state index contributed by atoms with van der Waals surface area (Å²) in [6, 6.07) is 10.5. The SMILES string of the molecule is COc1ccccc1/C=N/NC(=O)[C@H](NC(=O)Cc1cccs1)C(C)C. The Kier molecular flexibility index (Phi) is 7.35. The van der Waals surface area contributed by atoms with Crippen LogP contribution in [0.15, 0.2) is 46.9 Å². The zero-order valence-electron chi connectivity index (χ0n) is 15.1. The third kappa shape index (κ3) is 5.70. The van der Waals surface area contributed by atoms with Gasteiger partial charge in [0.05, 0.1) is 19.7 Å². The highest BCUT2D eigenvalue weighted by Crippen LogP contribution is 2.14. The molecule has 0 saturated heterocycles. The molecule has 0 spiro atoms. The number of amides is 2. The highest BCUT2D eigenvalue weighted by Gasteiger charge is 2.24. The zero-order valence-corrected chi connectivity index (χ0v) is 15.9. The van der Waals surface area contributed by atoms with E-state index >= 15 is 0 Å². The van der Waals surface area contributed by atoms with Gasteiger partial charge in [0.2, 0.25) is 5.91 Å². The Labute approximate surface area is 157 Å². The molecule has 0 aliphatic heterocycles. The monoisotopic (exact) mass is 373 g/mol. The fourth-order valence-electron chi connectivity index (χ4n) is 2.34. The van der Waals surface area contributed by atoms with Crippen molar-refractivity contribution in [3.05, 3.63) is 52.2 Å². The van der Waals surface area contributed by atoms with Crippen LogP contribution in [0.5, 0.6) is 5.75 Å². The fraction of sp³-hybridized carbons (Fsp3) is 0.316. The van der Waals surface area contributed by atoms with E-state index in [1.54, 1.807) is 7.11 Å². The first-order chi connectivity index (χ1) is 12.5. The Morgan fingerprint density at radius 2 is 2.00 bits per heavy atom. The van der Waals surface area contributed by atoms with E-state index in [0.29, 0.717) is 5.75 Å². The second-order valence-corrected chi connectivity index (χ2v) is 7.05. The van der Waals surface area contributed by atoms with Crippen LogP contribution in [-0.4, -0.2) is 31.2 Å². The summed E-state index contributed by atoms with van der Waals surface area (Å²) >= 11 is 1.51. The van der Waals surface area contributed by atoms with Gasteiger partial charge in [0.25, 0.3) is 5.91 Å². The highest BCUT2D eigenvalue weighted by atomic mass is 32.1. The first-order valence-corrected chi connectivity index (χ1v) is 9.17. The van der Waals surface area contributed by atoms with E-state index in [1.807, 2.05) is 55.6 Å². The van der Waals surface area contributed by atoms with Crippen LogP contribution >= 0.6 is 11.3 Å². The van der Waals surface area contributed by atoms with Crippen LogP contribution in [-0.2, 0) is 16.0 Å². The van der Waals surface area contributed by atoms with Crippen molar-refractivity contribution < 1.29 is 14.3 Å². The van der Waals surface area contributed by atoms with Crippen LogP contribution in [0.1, 0.15) is 24.3 Å². The number of ether oxygens (including phenoxy) is 1. The summed E-state index contributed by atoms with van der Waals surface area (Å²) in [5.74, 6) is 0.0552. The molecular weight excluding hydrogens is 350 g/mol. The molecule has 6 nitrogen and oxygen atoms in total. The molecule has 0 bridgehead atoms. The van der Waals surface area contributed by atoms with Gasteiger partial charge in [-0.3, -0.25) is 9.59 Å². The Hall–Kier alpha value is -2.67. The molecule has 1 atom stereocenters. The minimum Gasteiger partial charge on any atom is -0.496 e. The third-order valence-electron chi connectivity index (χ3n) is 3.70. The van der Waals surface area contributed by atoms with E-state index in [0.717, 1.165) is 10.4 Å². The lowest BCUT2D eigenvalue weighted by Crippen LogP contribution is -2.49. The molecular formula is C19H23N3O3S. The minimum absolute atomic E-state index is 0.0660. The van der Waals surface area contributed by atoms with E-state index in [1.165, 1.54) is 17.6 Å². The standard InChI is InChI=1S/C19H23N3O3S/c1-13(2)18(21-17(23)11-15-8-6-10-26-15)19(24)22-20-12-14-7-4-5-9-16(14)25-3/h4-10,12-13,18H,11H2,1-3H3,(H,21,23)(H,22,24)/b20-12+/t18-/m1/s1. The van der Waals surface area contributed by atoms with Crippen molar-refractivity contribution in [2.75, 3.05) is 7.11 Å². The van der Waals surface area contributed by atoms with E-state index in [9.17, 15) is 9.59 Å². The molecule has 0 aliphatic rings. The number of nitrogens with one attached hydrogen (secondary N) is 2. The molecule has 1 aromatic carbocycles. The maximum atomic E-state index is 12.4. The number of hydrogen-bond donors (Lipinski definition) is 2. The molecule has 2 rings (SSSR count). The van der Waals surface area contributed by atoms with Crippen molar-refractivity contribution in [1.82, 2.24) is 10.7 Å². The van der Waals surface area contributed by atoms with Gasteiger partial charge in [-0.05, 0) is 29.5 Å². The van der Waals surface area contributed by atoms with Gasteiger partial charge in [0.1, 0.15) is 11.8 Å². The molecule has 2 aromatic rings. The molecule has 1 aromatic heterocycles. The quantitative estimate of drug-likeness (QED) is 0.551. The lowest BCUT2D eigenvalue weighted by atomic mass is 10.0. The van der Waals surface area contributed by atoms with Gasteiger partial charge in [-0.15, -0.1) is 11.3 Å². The predicted molar refractivity (Wildman–Crippen MR) is 104 cm³/mol. The maximum Gasteiger partial charge on any atom is 0.262 e. The molecule has 26 heavy (non-hydrogen) atoms. The van der Waals surface area contributed by atoms with Gasteiger partial charge in [-0.1, -0.05) is 32.0 Å². The molecule has 7 heteroatoms. The summed E-state index contributed by atoms with van der Waals surface area (Å²) in [5.41, 5.74) is 3.24. The first kappa shape index (κ1) is 19.7. The van der Waals surface area contributed by atoms with Gasteiger partial charge >= 0.3 is 0 Å². The number of carbonyl (C=O) groups excluding carboxylic acids is 2. The van der Waals surface area contributed by atoms with Gasteiger partial charge in [0, 0.05) is 10.4 Å². The Morgan fingerprint density at radius 3 is 2.65 bits per heavy atom. The number of hydrazone groups is 1. The van der Waals surface area contributed by atoms with Crippen molar-refractivity contribution in [2.45, 2.75) is 26.3 Å². The lowest BCUT2D eigenvalue weighted by molar-refractivity contribution is -0.129. The van der Waals surface area contributed by atoms with Crippen LogP contribution in [0.25, 0.3) is 0 Å². The molecule has 0 radical (unpaired) electrons. The number of methoxy groups -OCH3 is 1. The molecule has 1 heterocycles. The first-order valence-electron chi connectivity index (χ1n) is 8.29. The smallest absolute Gasteiger partial charge is 0.262 e. The molecule has 2 amide bonds. The second kappa shape index (κ2) is 9.72. The van der Waals surface area contributed by atoms with Crippen molar-refractivity contribution in [2.24, 2.45) is 11.0 Å². The average Bonchev–Trinajstić information content (AvgIpc) is 3.12. The normalized spacial score (nSPS) is 12.2. The largest absolute Gasteiger partial charge is 0.496 e. The van der Waals surface area contributed by atoms with Crippen LogP contribution in [0, 0.1) is 5.92 Å². The summed E-state index contributed by atoms with van der Waals surface area (Å²) < 4.78 is 5.23. The molecule has 2 N–H and O–H groups in total. The predicted octanol–water partition coefficient (Wildman–Crippen LogP) is 2.59. The van der Waals surface area contributed by atoms with E-state index < -0.39 is 6.04 Å². The number of rotatable bonds is 8. The molecule has 0 aliphatic carbocycles. The molecule has 138 valence electrons. The number of thiophene rings is 1. The van der Waals surface area contributed by atoms with Gasteiger partial charge < -0.3 is 10.1 Å². The second-order valence-electron chi connectivity index (χ2n) is 6.02. The topological polar surface area (TPSA) is 79.8 Å². The maximum absolute atomic E-state index is 12.4. The van der Waals surface area contributed by atoms with E-state index in [-0.39, 0.29) is 24.2 Å². The van der Waals surface area contributed by atoms with Crippen molar-refractivity contribution >= 4 is 29.4 Å². The number of nitrogens with zero attached hydrogens (tertiary/aromatic N) is 1. The molecule has 0 saturated carbocycles. The lowest BCUT2D eigenvalue weighted by Gasteiger charge is -2.20. The van der Waals surface area contributed by atoms with E-state index in [2.05, 4.69) is 15.8 Å². The Bertz CT molecular complexity index is 757. The summed E-state index contributed by atoms with van der Waals surface area (Å²) in [6.07, 6.45) is 1.78. The Balaban J connectivity index is 1.95. The van der Waals surface area contributed by atoms with Crippen molar-refractivity contribution in [3.8, 4) is 5.75 Å². The van der Waals surface area contributed by atoms with Crippen LogP contribution in [0.2, 0.25) is 0 Å². The number of carbonyl (C=O) groups is 2. The third-order valence-corrected chi connectivity index (χ3v) is 4.57. The van der Waals surface area contributed by atoms with Crippen molar-refractivity contribution in [1.29, 1.82) is 0 Å². The molecule has 0 unspecified atom stereocenters. The number of benzene rings is 1. The zero-order chi connectivity index (χ0) is 18.9. The van der Waals surface area contributed by atoms with E-state index in [4.69, 9.17) is 4.74 Å². The summed E-state index contributed by atoms with van der Waals surface area (Å²) in [5, 5.41) is 8.68. The average molecular weight is 373 g/mol. The summed E-state index contributed by atoms with van der Waals surface area (Å²) in [4.78, 5) is 25.5. The van der Waals surface area contributed by atoms with Gasteiger partial charge in [0.15, 0.2) is 0 Å². The van der Waals surface area contributed by atoms with Crippen LogP contribution in [0.4, 0.5) is 0 Å². The number of para-hydroxylation sites is 1. The van der Waals surface area contributed by atoms with Crippen LogP contribution < -0.4 is 15.5 Å². The van der Waals surface area contributed by atoms with Gasteiger partial charge in [-0.25, -0.2) is 5.43 Å². The summed E-state index contributed by atoms with van der Waals surface area (Å²) in [6.45, 7) is 3.75. The van der Waals surface area contributed by atoms with Gasteiger partial charge in [-0.2, -0.15) is 5.10 Å². The number of hydrogen-bond acceptors (Lipinski definition) is 5. The molecule has 0 fully saturated rings. The van der Waals surface area contributed by atoms with Crippen molar-refractivity contribution in [3.63, 3.8) is 0 Å². The minimum atomic E-state index is -0.655. The Morgan fingerprint density at radius 1 is 1.23 bits per heavy atom. The highest BCUT2D eigenvalue weighted by molar-refractivity contribution is 7.10. The summed E-state index contributed by atoms with van der Waals surface area (Å²) in [7, 11) is 1.57. The van der Waals surface area contributed by atoms with Crippen LogP contribution in [0.3, 0.4) is 0 Å². The fourth-order valence-corrected chi connectivity index (χ4v) is 3.04.